The topological polar surface area (TPSA) is 76.5 Å². The Hall–Kier alpha value is -3.65. The quantitative estimate of drug-likeness (QED) is 0.387. The lowest BCUT2D eigenvalue weighted by atomic mass is 9.49. The van der Waals surface area contributed by atoms with Gasteiger partial charge in [0.1, 0.15) is 11.2 Å². The lowest BCUT2D eigenvalue weighted by Gasteiger charge is -2.30. The minimum absolute atomic E-state index is 0.0160. The number of aromatic nitrogens is 2. The van der Waals surface area contributed by atoms with E-state index in [1.807, 2.05) is 0 Å². The van der Waals surface area contributed by atoms with E-state index in [0.29, 0.717) is 16.8 Å². The highest BCUT2D eigenvalue weighted by Gasteiger charge is 2.39. The van der Waals surface area contributed by atoms with Gasteiger partial charge >= 0.3 is 5.69 Å². The lowest BCUT2D eigenvalue weighted by Crippen LogP contribution is -2.50. The molecule has 0 saturated carbocycles. The Morgan fingerprint density at radius 1 is 1.12 bits per heavy atom. The van der Waals surface area contributed by atoms with E-state index in [0.717, 1.165) is 18.4 Å². The van der Waals surface area contributed by atoms with Crippen LogP contribution in [0.1, 0.15) is 38.8 Å². The molecule has 0 fully saturated rings. The summed E-state index contributed by atoms with van der Waals surface area (Å²) in [6.07, 6.45) is -2.85. The number of carbonyl (C=O) groups is 1. The Morgan fingerprint density at radius 2 is 1.80 bits per heavy atom. The van der Waals surface area contributed by atoms with Crippen molar-refractivity contribution in [1.82, 2.24) is 14.9 Å². The molecule has 1 N–H and O–H groups in total. The second kappa shape index (κ2) is 11.0. The number of ether oxygens (including phenoxy) is 1. The van der Waals surface area contributed by atoms with Gasteiger partial charge in [-0.15, -0.1) is 0 Å². The molecule has 2 heterocycles. The van der Waals surface area contributed by atoms with Crippen LogP contribution >= 0.6 is 0 Å². The Kier molecular flexibility index (Phi) is 8.11. The molecule has 41 heavy (non-hydrogen) atoms. The molecule has 4 rings (SSSR count). The zero-order valence-electron chi connectivity index (χ0n) is 23.1. The molecule has 206 valence electrons. The molecule has 0 atom stereocenters. The van der Waals surface area contributed by atoms with Crippen LogP contribution in [-0.4, -0.2) is 64.1 Å². The van der Waals surface area contributed by atoms with Crippen LogP contribution < -0.4 is 15.9 Å². The minimum Gasteiger partial charge on any atom is -0.375 e. The van der Waals surface area contributed by atoms with Crippen molar-refractivity contribution in [3.63, 3.8) is 0 Å². The number of hydrogen-bond donors (Lipinski definition) is 1. The highest BCUT2D eigenvalue weighted by molar-refractivity contribution is 6.56. The highest BCUT2D eigenvalue weighted by atomic mass is 19.3. The summed E-state index contributed by atoms with van der Waals surface area (Å²) in [5.41, 5.74) is -2.17. The third-order valence-corrected chi connectivity index (χ3v) is 6.71. The number of anilines is 2. The standard InChI is InChI=1S/C28H26B3F3N4O3/c1-26(2,36-24(39)27(3,4)23(33)34)12-11-16-7-5-9-19-17(16)15-41-14-13-37(19)22-21-18(32)8-6-10-20(21)38(25(40)35-22)28(29,30)31/h5-10,23H,13-15H2,1-4H3,(H,36,39). The molecule has 0 unspecified atom stereocenters. The van der Waals surface area contributed by atoms with Crippen LogP contribution in [0, 0.1) is 23.1 Å². The number of amides is 1. The van der Waals surface area contributed by atoms with Gasteiger partial charge in [0.25, 0.3) is 6.43 Å². The zero-order valence-corrected chi connectivity index (χ0v) is 23.1. The summed E-state index contributed by atoms with van der Waals surface area (Å²) in [5, 5.41) is 0.416. The molecule has 0 spiro atoms. The summed E-state index contributed by atoms with van der Waals surface area (Å²) in [7, 11) is 17.4. The van der Waals surface area contributed by atoms with Crippen LogP contribution in [0.4, 0.5) is 24.7 Å². The number of hydrogen-bond acceptors (Lipinski definition) is 5. The van der Waals surface area contributed by atoms with E-state index >= 15 is 4.39 Å². The predicted molar refractivity (Wildman–Crippen MR) is 153 cm³/mol. The molecule has 0 bridgehead atoms. The van der Waals surface area contributed by atoms with Gasteiger partial charge in [-0.1, -0.05) is 29.2 Å². The summed E-state index contributed by atoms with van der Waals surface area (Å²) in [6.45, 7) is 6.08. The summed E-state index contributed by atoms with van der Waals surface area (Å²) in [5.74, 6) is 4.47. The zero-order chi connectivity index (χ0) is 30.3. The van der Waals surface area contributed by atoms with E-state index in [2.05, 4.69) is 22.1 Å². The van der Waals surface area contributed by atoms with Crippen molar-refractivity contribution >= 4 is 51.9 Å². The van der Waals surface area contributed by atoms with Gasteiger partial charge in [0, 0.05) is 23.4 Å². The molecular weight excluding hydrogens is 530 g/mol. The van der Waals surface area contributed by atoms with E-state index in [-0.39, 0.29) is 36.5 Å². The first-order valence-corrected chi connectivity index (χ1v) is 12.7. The van der Waals surface area contributed by atoms with Gasteiger partial charge < -0.3 is 19.5 Å². The molecule has 0 saturated heterocycles. The van der Waals surface area contributed by atoms with Crippen molar-refractivity contribution in [3.05, 3.63) is 63.8 Å². The molecule has 0 aliphatic carbocycles. The van der Waals surface area contributed by atoms with Gasteiger partial charge in [-0.05, 0) is 52.0 Å². The van der Waals surface area contributed by atoms with Crippen molar-refractivity contribution in [2.24, 2.45) is 5.41 Å². The van der Waals surface area contributed by atoms with Crippen LogP contribution in [0.5, 0.6) is 0 Å². The number of benzene rings is 2. The van der Waals surface area contributed by atoms with Crippen molar-refractivity contribution in [1.29, 1.82) is 0 Å². The second-order valence-corrected chi connectivity index (χ2v) is 10.9. The van der Waals surface area contributed by atoms with E-state index in [4.69, 9.17) is 28.3 Å². The molecule has 7 nitrogen and oxygen atoms in total. The fraction of sp³-hybridized carbons (Fsp3) is 0.393. The molecule has 3 aromatic rings. The third-order valence-electron chi connectivity index (χ3n) is 6.71. The van der Waals surface area contributed by atoms with Gasteiger partial charge in [-0.3, -0.25) is 4.79 Å². The number of rotatable bonds is 5. The first-order chi connectivity index (χ1) is 19.0. The lowest BCUT2D eigenvalue weighted by molar-refractivity contribution is -0.138. The molecule has 13 heteroatoms. The molecule has 1 aliphatic rings. The fourth-order valence-electron chi connectivity index (χ4n) is 4.36. The number of nitrogens with zero attached hydrogens (tertiary/aromatic N) is 3. The summed E-state index contributed by atoms with van der Waals surface area (Å²) in [6, 6.07) is 9.30. The van der Waals surface area contributed by atoms with Crippen molar-refractivity contribution in [3.8, 4) is 11.8 Å². The minimum atomic E-state index is -2.85. The average Bonchev–Trinajstić information content (AvgIpc) is 3.08. The second-order valence-electron chi connectivity index (χ2n) is 10.9. The summed E-state index contributed by atoms with van der Waals surface area (Å²) >= 11 is 0. The van der Waals surface area contributed by atoms with Crippen molar-refractivity contribution in [2.75, 3.05) is 18.1 Å². The molecule has 6 radical (unpaired) electrons. The summed E-state index contributed by atoms with van der Waals surface area (Å²) < 4.78 is 48.6. The fourth-order valence-corrected chi connectivity index (χ4v) is 4.36. The molecule has 1 aliphatic heterocycles. The number of nitrogens with one attached hydrogen (secondary N) is 1. The van der Waals surface area contributed by atoms with E-state index < -0.39 is 40.0 Å². The highest BCUT2D eigenvalue weighted by Crippen LogP contribution is 2.36. The monoisotopic (exact) mass is 556 g/mol. The van der Waals surface area contributed by atoms with Gasteiger partial charge in [0.15, 0.2) is 5.82 Å². The Balaban J connectivity index is 1.82. The molecule has 1 amide bonds. The Morgan fingerprint density at radius 3 is 2.46 bits per heavy atom. The van der Waals surface area contributed by atoms with Crippen molar-refractivity contribution in [2.45, 2.75) is 51.5 Å². The SMILES string of the molecule is [B]C([B])([B])n1c(=O)nc(N2CCOCc3c(C#CC(C)(C)NC(=O)C(C)(C)C(F)F)cccc32)c2c(F)cccc21. The van der Waals surface area contributed by atoms with Crippen LogP contribution in [-0.2, 0) is 21.4 Å². The smallest absolute Gasteiger partial charge is 0.348 e. The maximum atomic E-state index is 15.3. The van der Waals surface area contributed by atoms with E-state index in [9.17, 15) is 18.4 Å². The van der Waals surface area contributed by atoms with Crippen LogP contribution in [0.25, 0.3) is 10.9 Å². The normalized spacial score (nSPS) is 14.3. The van der Waals surface area contributed by atoms with E-state index in [1.165, 1.54) is 18.2 Å². The first-order valence-electron chi connectivity index (χ1n) is 12.7. The number of halogens is 3. The summed E-state index contributed by atoms with van der Waals surface area (Å²) in [4.78, 5) is 31.3. The molecular formula is C28H26B3F3N4O3. The van der Waals surface area contributed by atoms with Crippen LogP contribution in [0.3, 0.4) is 0 Å². The largest absolute Gasteiger partial charge is 0.375 e. The molecule has 2 aromatic carbocycles. The number of carbonyl (C=O) groups excluding carboxylic acids is 1. The van der Waals surface area contributed by atoms with Gasteiger partial charge in [-0.2, -0.15) is 4.98 Å². The van der Waals surface area contributed by atoms with E-state index in [1.54, 1.807) is 36.9 Å². The first kappa shape index (κ1) is 30.3. The van der Waals surface area contributed by atoms with Crippen LogP contribution in [0.15, 0.2) is 41.2 Å². The van der Waals surface area contributed by atoms with Gasteiger partial charge in [-0.25, -0.2) is 18.0 Å². The van der Waals surface area contributed by atoms with Crippen LogP contribution in [0.2, 0.25) is 0 Å². The van der Waals surface area contributed by atoms with Gasteiger partial charge in [0.05, 0.1) is 53.2 Å². The number of fused-ring (bicyclic) bond motifs is 2. The maximum absolute atomic E-state index is 15.3. The third kappa shape index (κ3) is 6.03. The number of alkyl halides is 2. The van der Waals surface area contributed by atoms with Crippen molar-refractivity contribution < 1.29 is 22.7 Å². The van der Waals surface area contributed by atoms with Gasteiger partial charge in [0.2, 0.25) is 5.91 Å². The predicted octanol–water partition coefficient (Wildman–Crippen LogP) is 2.81. The maximum Gasteiger partial charge on any atom is 0.348 e. The molecule has 1 aromatic heterocycles. The Bertz CT molecular complexity index is 1630. The Labute approximate surface area is 240 Å². The average molecular weight is 556 g/mol.